The minimum absolute atomic E-state index is 0.196. The zero-order valence-electron chi connectivity index (χ0n) is 7.96. The highest BCUT2D eigenvalue weighted by molar-refractivity contribution is 9.11. The van der Waals surface area contributed by atoms with Crippen LogP contribution in [0.15, 0.2) is 31.1 Å². The number of hydrogen-bond acceptors (Lipinski definition) is 3. The van der Waals surface area contributed by atoms with E-state index in [1.165, 1.54) is 4.88 Å². The molecule has 2 nitrogen and oxygen atoms in total. The maximum absolute atomic E-state index is 6.12. The topological polar surface area (TPSA) is 39.2 Å². The van der Waals surface area contributed by atoms with Crippen LogP contribution in [-0.4, -0.2) is 0 Å². The van der Waals surface area contributed by atoms with Gasteiger partial charge < -0.3 is 10.2 Å². The highest BCUT2D eigenvalue weighted by Gasteiger charge is 2.17. The van der Waals surface area contributed by atoms with Gasteiger partial charge >= 0.3 is 0 Å². The Kier molecular flexibility index (Phi) is 3.35. The molecular formula is C10H9Br2NOS. The summed E-state index contributed by atoms with van der Waals surface area (Å²) in [5.74, 6) is 0.773. The van der Waals surface area contributed by atoms with Crippen molar-refractivity contribution in [3.8, 4) is 0 Å². The Hall–Kier alpha value is -0.100. The molecule has 15 heavy (non-hydrogen) atoms. The van der Waals surface area contributed by atoms with Crippen molar-refractivity contribution in [2.75, 3.05) is 0 Å². The summed E-state index contributed by atoms with van der Waals surface area (Å²) in [5, 5.41) is 0. The highest BCUT2D eigenvalue weighted by atomic mass is 79.9. The number of furan rings is 1. The van der Waals surface area contributed by atoms with Crippen molar-refractivity contribution in [2.45, 2.75) is 13.0 Å². The summed E-state index contributed by atoms with van der Waals surface area (Å²) >= 11 is 8.40. The predicted molar refractivity (Wildman–Crippen MR) is 69.2 cm³/mol. The second kappa shape index (κ2) is 4.41. The Bertz CT molecular complexity index is 477. The van der Waals surface area contributed by atoms with E-state index in [0.29, 0.717) is 4.67 Å². The molecule has 0 aromatic carbocycles. The lowest BCUT2D eigenvalue weighted by molar-refractivity contribution is 0.470. The van der Waals surface area contributed by atoms with E-state index in [2.05, 4.69) is 38.8 Å². The largest absolute Gasteiger partial charge is 0.452 e. The van der Waals surface area contributed by atoms with Gasteiger partial charge in [-0.15, -0.1) is 11.3 Å². The molecule has 2 N–H and O–H groups in total. The van der Waals surface area contributed by atoms with Gasteiger partial charge in [-0.25, -0.2) is 0 Å². The van der Waals surface area contributed by atoms with E-state index in [0.717, 1.165) is 15.1 Å². The Morgan fingerprint density at radius 1 is 1.40 bits per heavy atom. The van der Waals surface area contributed by atoms with Crippen LogP contribution in [0.2, 0.25) is 0 Å². The van der Waals surface area contributed by atoms with Crippen LogP contribution in [0, 0.1) is 6.92 Å². The monoisotopic (exact) mass is 349 g/mol. The Morgan fingerprint density at radius 3 is 2.60 bits per heavy atom. The first kappa shape index (κ1) is 11.4. The molecule has 80 valence electrons. The summed E-state index contributed by atoms with van der Waals surface area (Å²) < 4.78 is 7.25. The Morgan fingerprint density at radius 2 is 2.13 bits per heavy atom. The SMILES string of the molecule is Cc1sc(Br)cc1C(N)c1ccc(Br)o1. The molecule has 2 heterocycles. The van der Waals surface area contributed by atoms with Gasteiger partial charge in [-0.05, 0) is 62.5 Å². The Balaban J connectivity index is 2.35. The first-order chi connectivity index (χ1) is 7.08. The molecule has 0 fully saturated rings. The number of halogens is 2. The van der Waals surface area contributed by atoms with Crippen LogP contribution in [0.3, 0.4) is 0 Å². The van der Waals surface area contributed by atoms with Crippen LogP contribution in [0.5, 0.6) is 0 Å². The van der Waals surface area contributed by atoms with Crippen molar-refractivity contribution < 1.29 is 4.42 Å². The van der Waals surface area contributed by atoms with Crippen molar-refractivity contribution >= 4 is 43.2 Å². The predicted octanol–water partition coefficient (Wildman–Crippen LogP) is 4.22. The molecular weight excluding hydrogens is 342 g/mol. The van der Waals surface area contributed by atoms with Crippen molar-refractivity contribution in [3.63, 3.8) is 0 Å². The molecule has 0 spiro atoms. The number of hydrogen-bond donors (Lipinski definition) is 1. The summed E-state index contributed by atoms with van der Waals surface area (Å²) in [7, 11) is 0. The summed E-state index contributed by atoms with van der Waals surface area (Å²) in [6.45, 7) is 2.06. The number of thiophene rings is 1. The van der Waals surface area contributed by atoms with Crippen LogP contribution < -0.4 is 5.73 Å². The van der Waals surface area contributed by atoms with Crippen molar-refractivity contribution in [2.24, 2.45) is 5.73 Å². The molecule has 2 aromatic heterocycles. The quantitative estimate of drug-likeness (QED) is 0.880. The summed E-state index contributed by atoms with van der Waals surface area (Å²) in [6.07, 6.45) is 0. The zero-order valence-corrected chi connectivity index (χ0v) is 11.9. The molecule has 1 atom stereocenters. The van der Waals surface area contributed by atoms with E-state index < -0.39 is 0 Å². The van der Waals surface area contributed by atoms with Gasteiger partial charge in [0.1, 0.15) is 5.76 Å². The molecule has 5 heteroatoms. The van der Waals surface area contributed by atoms with E-state index in [4.69, 9.17) is 10.2 Å². The normalized spacial score (nSPS) is 13.1. The highest BCUT2D eigenvalue weighted by Crippen LogP contribution is 2.33. The third kappa shape index (κ3) is 2.36. The fraction of sp³-hybridized carbons (Fsp3) is 0.200. The first-order valence-electron chi connectivity index (χ1n) is 4.34. The number of nitrogens with two attached hydrogens (primary N) is 1. The van der Waals surface area contributed by atoms with Gasteiger partial charge in [-0.3, -0.25) is 0 Å². The van der Waals surface area contributed by atoms with Crippen LogP contribution in [0.4, 0.5) is 0 Å². The molecule has 0 saturated carbocycles. The van der Waals surface area contributed by atoms with E-state index in [1.54, 1.807) is 11.3 Å². The third-order valence-electron chi connectivity index (χ3n) is 2.16. The molecule has 2 aromatic rings. The van der Waals surface area contributed by atoms with Crippen LogP contribution >= 0.6 is 43.2 Å². The molecule has 0 bridgehead atoms. The second-order valence-electron chi connectivity index (χ2n) is 3.18. The fourth-order valence-electron chi connectivity index (χ4n) is 1.42. The number of rotatable bonds is 2. The summed E-state index contributed by atoms with van der Waals surface area (Å²) in [6, 6.07) is 5.59. The van der Waals surface area contributed by atoms with E-state index in [9.17, 15) is 0 Å². The van der Waals surface area contributed by atoms with Crippen molar-refractivity contribution in [3.05, 3.63) is 42.9 Å². The standard InChI is InChI=1S/C10H9Br2NOS/c1-5-6(4-9(12)15-5)10(13)7-2-3-8(11)14-7/h2-4,10H,13H2,1H3. The molecule has 0 aliphatic carbocycles. The minimum Gasteiger partial charge on any atom is -0.452 e. The van der Waals surface area contributed by atoms with Gasteiger partial charge in [-0.2, -0.15) is 0 Å². The van der Waals surface area contributed by atoms with Gasteiger partial charge in [0.2, 0.25) is 0 Å². The van der Waals surface area contributed by atoms with Gasteiger partial charge in [-0.1, -0.05) is 0 Å². The van der Waals surface area contributed by atoms with Gasteiger partial charge in [0, 0.05) is 4.88 Å². The lowest BCUT2D eigenvalue weighted by Gasteiger charge is -2.07. The molecule has 0 radical (unpaired) electrons. The first-order valence-corrected chi connectivity index (χ1v) is 6.75. The summed E-state index contributed by atoms with van der Waals surface area (Å²) in [5.41, 5.74) is 7.22. The van der Waals surface area contributed by atoms with E-state index in [1.807, 2.05) is 18.2 Å². The lowest BCUT2D eigenvalue weighted by Crippen LogP contribution is -2.10. The second-order valence-corrected chi connectivity index (χ2v) is 6.60. The molecule has 0 saturated heterocycles. The molecule has 2 rings (SSSR count). The zero-order chi connectivity index (χ0) is 11.0. The average Bonchev–Trinajstić information content (AvgIpc) is 2.71. The smallest absolute Gasteiger partial charge is 0.169 e. The molecule has 0 aliphatic heterocycles. The van der Waals surface area contributed by atoms with E-state index >= 15 is 0 Å². The van der Waals surface area contributed by atoms with Crippen molar-refractivity contribution in [1.29, 1.82) is 0 Å². The molecule has 1 unspecified atom stereocenters. The average molecular weight is 351 g/mol. The van der Waals surface area contributed by atoms with Crippen LogP contribution in [0.1, 0.15) is 22.2 Å². The third-order valence-corrected chi connectivity index (χ3v) is 4.16. The van der Waals surface area contributed by atoms with Crippen molar-refractivity contribution in [1.82, 2.24) is 0 Å². The maximum atomic E-state index is 6.12. The van der Waals surface area contributed by atoms with Crippen LogP contribution in [-0.2, 0) is 0 Å². The van der Waals surface area contributed by atoms with Gasteiger partial charge in [0.15, 0.2) is 4.67 Å². The molecule has 0 aliphatic rings. The fourth-order valence-corrected chi connectivity index (χ4v) is 3.49. The maximum Gasteiger partial charge on any atom is 0.169 e. The van der Waals surface area contributed by atoms with Gasteiger partial charge in [0.25, 0.3) is 0 Å². The lowest BCUT2D eigenvalue weighted by atomic mass is 10.1. The van der Waals surface area contributed by atoms with E-state index in [-0.39, 0.29) is 6.04 Å². The van der Waals surface area contributed by atoms with Gasteiger partial charge in [0.05, 0.1) is 9.83 Å². The number of aryl methyl sites for hydroxylation is 1. The van der Waals surface area contributed by atoms with Crippen LogP contribution in [0.25, 0.3) is 0 Å². The molecule has 0 amide bonds. The summed E-state index contributed by atoms with van der Waals surface area (Å²) in [4.78, 5) is 1.21. The Labute approximate surface area is 109 Å². The minimum atomic E-state index is -0.196.